The third-order valence-corrected chi connectivity index (χ3v) is 9.76. The van der Waals surface area contributed by atoms with E-state index in [2.05, 4.69) is 0 Å². The van der Waals surface area contributed by atoms with Crippen LogP contribution in [0.3, 0.4) is 0 Å². The Kier molecular flexibility index (Phi) is 12.3. The van der Waals surface area contributed by atoms with E-state index in [1.165, 1.54) is 26.4 Å². The van der Waals surface area contributed by atoms with Crippen molar-refractivity contribution in [1.29, 1.82) is 0 Å². The number of hydrogen-bond donors (Lipinski definition) is 8. The number of methoxy groups -OCH3 is 2. The predicted octanol–water partition coefficient (Wildman–Crippen LogP) is -0.652. The lowest BCUT2D eigenvalue weighted by Crippen LogP contribution is -2.62. The molecule has 8 N–H and O–H groups in total. The van der Waals surface area contributed by atoms with Crippen LogP contribution in [0.4, 0.5) is 0 Å². The zero-order valence-electron chi connectivity index (χ0n) is 28.5. The Bertz CT molecular complexity index is 1290. The van der Waals surface area contributed by atoms with Crippen LogP contribution in [0.2, 0.25) is 0 Å². The molecule has 2 aliphatic heterocycles. The summed E-state index contributed by atoms with van der Waals surface area (Å²) in [6.45, 7) is 5.21. The first-order valence-corrected chi connectivity index (χ1v) is 16.1. The summed E-state index contributed by atoms with van der Waals surface area (Å²) in [6.07, 6.45) is -8.20. The number of aliphatic hydroxyl groups is 7. The summed E-state index contributed by atoms with van der Waals surface area (Å²) < 4.78 is 37.9. The number of hydrogen-bond acceptors (Lipinski definition) is 16. The minimum absolute atomic E-state index is 0.0617. The number of phenols is 1. The summed E-state index contributed by atoms with van der Waals surface area (Å²) in [5.74, 6) is -1.66. The molecule has 4 rings (SSSR count). The van der Waals surface area contributed by atoms with Gasteiger partial charge in [-0.25, -0.2) is 4.79 Å². The van der Waals surface area contributed by atoms with Crippen LogP contribution in [0, 0.1) is 11.3 Å². The molecule has 49 heavy (non-hydrogen) atoms. The molecule has 3 fully saturated rings. The van der Waals surface area contributed by atoms with Crippen molar-refractivity contribution in [3.8, 4) is 17.2 Å². The van der Waals surface area contributed by atoms with Crippen LogP contribution < -0.4 is 9.47 Å². The maximum atomic E-state index is 12.7. The average molecular weight is 703 g/mol. The molecule has 16 nitrogen and oxygen atoms in total. The van der Waals surface area contributed by atoms with Crippen molar-refractivity contribution >= 4 is 5.97 Å². The van der Waals surface area contributed by atoms with Gasteiger partial charge in [-0.15, -0.1) is 0 Å². The Labute approximate surface area is 284 Å². The fourth-order valence-corrected chi connectivity index (χ4v) is 6.69. The van der Waals surface area contributed by atoms with Crippen molar-refractivity contribution in [2.24, 2.45) is 11.3 Å². The zero-order chi connectivity index (χ0) is 36.5. The van der Waals surface area contributed by atoms with Crippen LogP contribution in [0.5, 0.6) is 17.2 Å². The van der Waals surface area contributed by atoms with Gasteiger partial charge in [0.25, 0.3) is 0 Å². The Morgan fingerprint density at radius 2 is 1.69 bits per heavy atom. The van der Waals surface area contributed by atoms with Crippen LogP contribution >= 0.6 is 0 Å². The van der Waals surface area contributed by atoms with Crippen LogP contribution in [-0.2, 0) is 23.7 Å². The number of aromatic hydroxyl groups is 1. The monoisotopic (exact) mass is 702 g/mol. The van der Waals surface area contributed by atoms with Gasteiger partial charge in [0.2, 0.25) is 5.75 Å². The predicted molar refractivity (Wildman–Crippen MR) is 168 cm³/mol. The average Bonchev–Trinajstić information content (AvgIpc) is 3.33. The largest absolute Gasteiger partial charge is 0.502 e. The second-order valence-corrected chi connectivity index (χ2v) is 13.7. The summed E-state index contributed by atoms with van der Waals surface area (Å²) in [5.41, 5.74) is -4.13. The van der Waals surface area contributed by atoms with E-state index in [-0.39, 0.29) is 28.7 Å². The van der Waals surface area contributed by atoms with Crippen LogP contribution in [0.25, 0.3) is 0 Å². The van der Waals surface area contributed by atoms with E-state index >= 15 is 0 Å². The van der Waals surface area contributed by atoms with E-state index in [4.69, 9.17) is 33.2 Å². The van der Waals surface area contributed by atoms with Gasteiger partial charge in [-0.2, -0.15) is 0 Å². The first-order chi connectivity index (χ1) is 22.9. The van der Waals surface area contributed by atoms with E-state index < -0.39 is 97.7 Å². The number of phenolic OH excluding ortho intramolecular Hbond substituents is 1. The number of rotatable bonds is 12. The molecular weight excluding hydrogens is 652 g/mol. The van der Waals surface area contributed by atoms with Crippen LogP contribution in [-0.4, -0.2) is 147 Å². The van der Waals surface area contributed by atoms with Crippen molar-refractivity contribution in [2.75, 3.05) is 34.0 Å². The first kappa shape index (κ1) is 39.2. The standard InChI is InChI=1S/C33H50O16/c1-16-9-19(35)12-31(3,4)33(16,42)8-7-17(2)47-29-25(38)24(37)26(22(13-34)48-29)49-30-27(39)32(41,15-46-30)14-45-28(40)18-10-20(43-5)23(36)21(11-18)44-6/h7-8,10-11,16-17,19,22,24-27,29-30,34-39,41-42H,9,12-15H2,1-6H3/b8-7+/t16?,17?,19?,22?,24?,25?,26?,27-,29?,30+,32+,33?/m0/s1. The molecule has 0 spiro atoms. The van der Waals surface area contributed by atoms with Gasteiger partial charge < -0.3 is 74.0 Å². The summed E-state index contributed by atoms with van der Waals surface area (Å²) in [6, 6.07) is 2.40. The molecule has 9 unspecified atom stereocenters. The highest BCUT2D eigenvalue weighted by molar-refractivity contribution is 5.91. The highest BCUT2D eigenvalue weighted by Crippen LogP contribution is 2.48. The fourth-order valence-electron chi connectivity index (χ4n) is 6.69. The van der Waals surface area contributed by atoms with Gasteiger partial charge in [-0.3, -0.25) is 0 Å². The summed E-state index contributed by atoms with van der Waals surface area (Å²) >= 11 is 0. The van der Waals surface area contributed by atoms with E-state index in [1.807, 2.05) is 20.8 Å². The summed E-state index contributed by atoms with van der Waals surface area (Å²) in [5, 5.41) is 85.6. The SMILES string of the molecule is COc1cc(C(=O)OC[C@@]2(O)CO[C@H](OC3C(CO)OC(OC(C)/C=C/C4(O)C(C)CC(O)CC4(C)C)C(O)C3O)[C@@H]2O)cc(OC)c1O. The smallest absolute Gasteiger partial charge is 0.338 e. The number of benzene rings is 1. The van der Waals surface area contributed by atoms with Gasteiger partial charge >= 0.3 is 5.97 Å². The molecular formula is C33H50O16. The maximum absolute atomic E-state index is 12.7. The number of ether oxygens (including phenoxy) is 7. The Hall–Kier alpha value is -2.61. The number of carbonyl (C=O) groups excluding carboxylic acids is 1. The topological polar surface area (TPSA) is 244 Å². The normalized spacial score (nSPS) is 38.3. The molecule has 2 saturated heterocycles. The van der Waals surface area contributed by atoms with Crippen molar-refractivity contribution in [1.82, 2.24) is 0 Å². The van der Waals surface area contributed by atoms with Gasteiger partial charge in [0.1, 0.15) is 37.1 Å². The molecule has 3 aliphatic rings. The number of esters is 1. The second-order valence-electron chi connectivity index (χ2n) is 13.7. The van der Waals surface area contributed by atoms with Crippen LogP contribution in [0.15, 0.2) is 24.3 Å². The van der Waals surface area contributed by atoms with Crippen molar-refractivity contribution < 1.29 is 78.8 Å². The first-order valence-electron chi connectivity index (χ1n) is 16.1. The molecule has 0 amide bonds. The molecule has 12 atom stereocenters. The van der Waals surface area contributed by atoms with Crippen molar-refractivity contribution in [2.45, 2.75) is 107 Å². The molecule has 278 valence electrons. The lowest BCUT2D eigenvalue weighted by atomic mass is 9.60. The molecule has 16 heteroatoms. The molecule has 2 heterocycles. The minimum Gasteiger partial charge on any atom is -0.502 e. The molecule has 1 aromatic carbocycles. The lowest BCUT2D eigenvalue weighted by Gasteiger charge is -2.50. The molecule has 0 aromatic heterocycles. The van der Waals surface area contributed by atoms with Crippen molar-refractivity contribution in [3.05, 3.63) is 29.8 Å². The van der Waals surface area contributed by atoms with Crippen LogP contribution in [0.1, 0.15) is 50.9 Å². The molecule has 1 aromatic rings. The maximum Gasteiger partial charge on any atom is 0.338 e. The molecule has 1 aliphatic carbocycles. The third-order valence-electron chi connectivity index (χ3n) is 9.76. The van der Waals surface area contributed by atoms with Gasteiger partial charge in [-0.05, 0) is 43.2 Å². The van der Waals surface area contributed by atoms with Gasteiger partial charge in [-0.1, -0.05) is 32.9 Å². The minimum atomic E-state index is -2.15. The highest BCUT2D eigenvalue weighted by Gasteiger charge is 2.54. The van der Waals surface area contributed by atoms with E-state index in [9.17, 15) is 45.6 Å². The Balaban J connectivity index is 1.36. The third kappa shape index (κ3) is 7.99. The fraction of sp³-hybridized carbons (Fsp3) is 0.727. The van der Waals surface area contributed by atoms with Gasteiger partial charge in [0.15, 0.2) is 29.7 Å². The summed E-state index contributed by atoms with van der Waals surface area (Å²) in [4.78, 5) is 12.7. The van der Waals surface area contributed by atoms with E-state index in [0.29, 0.717) is 12.8 Å². The number of carbonyl (C=O) groups is 1. The molecule has 0 bridgehead atoms. The highest BCUT2D eigenvalue weighted by atomic mass is 16.7. The molecule has 0 radical (unpaired) electrons. The Morgan fingerprint density at radius 1 is 1.06 bits per heavy atom. The van der Waals surface area contributed by atoms with Gasteiger partial charge in [0, 0.05) is 0 Å². The molecule has 1 saturated carbocycles. The second kappa shape index (κ2) is 15.3. The van der Waals surface area contributed by atoms with Gasteiger partial charge in [0.05, 0.1) is 50.8 Å². The quantitative estimate of drug-likeness (QED) is 0.0996. The Morgan fingerprint density at radius 3 is 2.27 bits per heavy atom. The zero-order valence-corrected chi connectivity index (χ0v) is 28.5. The van der Waals surface area contributed by atoms with E-state index in [0.717, 1.165) is 0 Å². The number of aliphatic hydroxyl groups excluding tert-OH is 5. The van der Waals surface area contributed by atoms with E-state index in [1.54, 1.807) is 19.1 Å². The lowest BCUT2D eigenvalue weighted by molar-refractivity contribution is -0.332. The summed E-state index contributed by atoms with van der Waals surface area (Å²) in [7, 11) is 2.55. The van der Waals surface area contributed by atoms with Crippen molar-refractivity contribution in [3.63, 3.8) is 0 Å².